The summed E-state index contributed by atoms with van der Waals surface area (Å²) >= 11 is 6.45. The molecule has 5 aromatic rings. The first kappa shape index (κ1) is 32.2. The van der Waals surface area contributed by atoms with Crippen LogP contribution in [0, 0.1) is 0 Å². The van der Waals surface area contributed by atoms with Crippen LogP contribution in [0.1, 0.15) is 54.7 Å². The molecule has 6 rings (SSSR count). The average molecular weight is 650 g/mol. The van der Waals surface area contributed by atoms with Crippen molar-refractivity contribution in [1.29, 1.82) is 0 Å². The van der Waals surface area contributed by atoms with E-state index >= 15 is 0 Å². The molecule has 242 valence electrons. The van der Waals surface area contributed by atoms with Gasteiger partial charge in [0, 0.05) is 71.6 Å². The Morgan fingerprint density at radius 2 is 1.60 bits per heavy atom. The van der Waals surface area contributed by atoms with E-state index in [4.69, 9.17) is 21.1 Å². The van der Waals surface area contributed by atoms with Gasteiger partial charge in [0.05, 0.1) is 7.11 Å². The fourth-order valence-corrected chi connectivity index (χ4v) is 6.34. The molecule has 0 spiro atoms. The van der Waals surface area contributed by atoms with Crippen molar-refractivity contribution in [2.45, 2.75) is 38.7 Å². The standard InChI is InChI=1S/C39H40ClN3O4/c1-39(2,3)47-38(45)43-20-18-42(19-21-43)31-15-12-26(13-16-31)27-9-7-10-29(22-27)36(44)25-32(33-24-30(40)14-17-37(33)46-4)35-23-28-8-5-6-11-34(28)41-35/h5-17,22-24,32,41H,18-21,25H2,1-4H3/t32-/m1/s1. The summed E-state index contributed by atoms with van der Waals surface area (Å²) in [6, 6.07) is 31.9. The summed E-state index contributed by atoms with van der Waals surface area (Å²) in [4.78, 5) is 34.0. The predicted molar refractivity (Wildman–Crippen MR) is 189 cm³/mol. The van der Waals surface area contributed by atoms with Crippen LogP contribution in [0.25, 0.3) is 22.0 Å². The number of piperazine rings is 1. The third-order valence-electron chi connectivity index (χ3n) is 8.56. The van der Waals surface area contributed by atoms with E-state index in [0.717, 1.165) is 52.1 Å². The summed E-state index contributed by atoms with van der Waals surface area (Å²) in [5, 5.41) is 1.67. The quantitative estimate of drug-likeness (QED) is 0.170. The highest BCUT2D eigenvalue weighted by molar-refractivity contribution is 6.30. The van der Waals surface area contributed by atoms with Gasteiger partial charge in [-0.1, -0.05) is 60.1 Å². The Balaban J connectivity index is 1.19. The molecule has 1 aromatic heterocycles. The van der Waals surface area contributed by atoms with Crippen molar-refractivity contribution >= 4 is 40.1 Å². The molecular weight excluding hydrogens is 610 g/mol. The van der Waals surface area contributed by atoms with E-state index < -0.39 is 5.60 Å². The summed E-state index contributed by atoms with van der Waals surface area (Å²) < 4.78 is 11.3. The Hall–Kier alpha value is -4.75. The first-order valence-electron chi connectivity index (χ1n) is 16.0. The Kier molecular flexibility index (Phi) is 9.28. The van der Waals surface area contributed by atoms with E-state index in [9.17, 15) is 9.59 Å². The minimum atomic E-state index is -0.505. The normalized spacial score (nSPS) is 14.2. The monoisotopic (exact) mass is 649 g/mol. The Bertz CT molecular complexity index is 1850. The van der Waals surface area contributed by atoms with E-state index in [1.807, 2.05) is 75.4 Å². The number of benzene rings is 4. The Labute approximate surface area is 281 Å². The number of H-pyrrole nitrogens is 1. The van der Waals surface area contributed by atoms with Crippen LogP contribution < -0.4 is 9.64 Å². The van der Waals surface area contributed by atoms with Gasteiger partial charge < -0.3 is 24.3 Å². The van der Waals surface area contributed by atoms with Crippen LogP contribution in [-0.2, 0) is 4.74 Å². The zero-order valence-electron chi connectivity index (χ0n) is 27.3. The fourth-order valence-electron chi connectivity index (χ4n) is 6.16. The second-order valence-corrected chi connectivity index (χ2v) is 13.4. The van der Waals surface area contributed by atoms with Crippen LogP contribution in [0.4, 0.5) is 10.5 Å². The van der Waals surface area contributed by atoms with E-state index in [0.29, 0.717) is 29.4 Å². The number of halogens is 1. The highest BCUT2D eigenvalue weighted by atomic mass is 35.5. The molecule has 0 saturated carbocycles. The number of aromatic nitrogens is 1. The molecule has 8 heteroatoms. The zero-order valence-corrected chi connectivity index (χ0v) is 28.0. The van der Waals surface area contributed by atoms with Crippen molar-refractivity contribution in [3.63, 3.8) is 0 Å². The highest BCUT2D eigenvalue weighted by Crippen LogP contribution is 2.38. The molecule has 1 N–H and O–H groups in total. The summed E-state index contributed by atoms with van der Waals surface area (Å²) in [6.45, 7) is 8.34. The van der Waals surface area contributed by atoms with E-state index in [1.165, 1.54) is 0 Å². The number of rotatable bonds is 8. The minimum absolute atomic E-state index is 0.0250. The van der Waals surface area contributed by atoms with E-state index in [-0.39, 0.29) is 24.2 Å². The molecule has 0 aliphatic carbocycles. The summed E-state index contributed by atoms with van der Waals surface area (Å²) in [7, 11) is 1.63. The molecule has 47 heavy (non-hydrogen) atoms. The number of para-hydroxylation sites is 1. The maximum absolute atomic E-state index is 14.0. The molecule has 2 heterocycles. The number of anilines is 1. The Morgan fingerprint density at radius 3 is 2.30 bits per heavy atom. The number of Topliss-reactive ketones (excluding diaryl/α,β-unsaturated/α-hetero) is 1. The van der Waals surface area contributed by atoms with E-state index in [1.54, 1.807) is 18.1 Å². The average Bonchev–Trinajstić information content (AvgIpc) is 3.51. The second kappa shape index (κ2) is 13.5. The maximum Gasteiger partial charge on any atom is 0.410 e. The lowest BCUT2D eigenvalue weighted by molar-refractivity contribution is 0.0240. The lowest BCUT2D eigenvalue weighted by atomic mass is 9.87. The molecule has 0 radical (unpaired) electrons. The van der Waals surface area contributed by atoms with Gasteiger partial charge in [0.2, 0.25) is 0 Å². The first-order valence-corrected chi connectivity index (χ1v) is 16.3. The number of hydrogen-bond donors (Lipinski definition) is 1. The highest BCUT2D eigenvalue weighted by Gasteiger charge is 2.27. The number of fused-ring (bicyclic) bond motifs is 1. The summed E-state index contributed by atoms with van der Waals surface area (Å²) in [5.41, 5.74) is 6.04. The minimum Gasteiger partial charge on any atom is -0.496 e. The molecule has 0 unspecified atom stereocenters. The van der Waals surface area contributed by atoms with Crippen molar-refractivity contribution in [2.24, 2.45) is 0 Å². The topological polar surface area (TPSA) is 74.9 Å². The van der Waals surface area contributed by atoms with Gasteiger partial charge in [-0.15, -0.1) is 0 Å². The number of methoxy groups -OCH3 is 1. The molecule has 1 saturated heterocycles. The van der Waals surface area contributed by atoms with Gasteiger partial charge in [0.25, 0.3) is 0 Å². The van der Waals surface area contributed by atoms with Crippen molar-refractivity contribution < 1.29 is 19.1 Å². The van der Waals surface area contributed by atoms with Crippen LogP contribution in [0.15, 0.2) is 97.1 Å². The molecule has 1 aliphatic rings. The third-order valence-corrected chi connectivity index (χ3v) is 8.80. The van der Waals surface area contributed by atoms with Crippen molar-refractivity contribution in [3.8, 4) is 16.9 Å². The van der Waals surface area contributed by atoms with Crippen molar-refractivity contribution in [3.05, 3.63) is 119 Å². The SMILES string of the molecule is COc1ccc(Cl)cc1[C@@H](CC(=O)c1cccc(-c2ccc(N3CCN(C(=O)OC(C)(C)C)CC3)cc2)c1)c1cc2ccccc2[nH]1. The first-order chi connectivity index (χ1) is 22.6. The van der Waals surface area contributed by atoms with Gasteiger partial charge in [-0.2, -0.15) is 0 Å². The van der Waals surface area contributed by atoms with Gasteiger partial charge in [-0.25, -0.2) is 4.79 Å². The predicted octanol–water partition coefficient (Wildman–Crippen LogP) is 8.96. The van der Waals surface area contributed by atoms with Crippen LogP contribution >= 0.6 is 11.6 Å². The van der Waals surface area contributed by atoms with Crippen LogP contribution in [-0.4, -0.2) is 60.7 Å². The largest absolute Gasteiger partial charge is 0.496 e. The van der Waals surface area contributed by atoms with E-state index in [2.05, 4.69) is 46.3 Å². The zero-order chi connectivity index (χ0) is 33.1. The van der Waals surface area contributed by atoms with Gasteiger partial charge in [-0.05, 0) is 85.8 Å². The van der Waals surface area contributed by atoms with Crippen molar-refractivity contribution in [2.75, 3.05) is 38.2 Å². The molecule has 4 aromatic carbocycles. The third kappa shape index (κ3) is 7.47. The molecule has 1 amide bonds. The number of ether oxygens (including phenoxy) is 2. The summed E-state index contributed by atoms with van der Waals surface area (Å²) in [6.07, 6.45) is -0.0254. The Morgan fingerprint density at radius 1 is 0.851 bits per heavy atom. The molecule has 1 fully saturated rings. The number of ketones is 1. The van der Waals surface area contributed by atoms with Gasteiger partial charge in [0.15, 0.2) is 5.78 Å². The van der Waals surface area contributed by atoms with Gasteiger partial charge in [0.1, 0.15) is 11.4 Å². The number of nitrogens with zero attached hydrogens (tertiary/aromatic N) is 2. The molecule has 1 aliphatic heterocycles. The number of nitrogens with one attached hydrogen (secondary N) is 1. The lowest BCUT2D eigenvalue weighted by Gasteiger charge is -2.36. The number of carbonyl (C=O) groups is 2. The lowest BCUT2D eigenvalue weighted by Crippen LogP contribution is -2.50. The molecular formula is C39H40ClN3O4. The van der Waals surface area contributed by atoms with Gasteiger partial charge >= 0.3 is 6.09 Å². The summed E-state index contributed by atoms with van der Waals surface area (Å²) in [5.74, 6) is 0.422. The van der Waals surface area contributed by atoms with Gasteiger partial charge in [-0.3, -0.25) is 4.79 Å². The molecule has 1 atom stereocenters. The number of carbonyl (C=O) groups excluding carboxylic acids is 2. The van der Waals surface area contributed by atoms with Crippen LogP contribution in [0.3, 0.4) is 0 Å². The molecule has 7 nitrogen and oxygen atoms in total. The number of amides is 1. The smallest absolute Gasteiger partial charge is 0.410 e. The van der Waals surface area contributed by atoms with Crippen LogP contribution in [0.5, 0.6) is 5.75 Å². The molecule has 0 bridgehead atoms. The number of hydrogen-bond acceptors (Lipinski definition) is 5. The van der Waals surface area contributed by atoms with Crippen molar-refractivity contribution in [1.82, 2.24) is 9.88 Å². The number of aromatic amines is 1. The fraction of sp³-hybridized carbons (Fsp3) is 0.282. The second-order valence-electron chi connectivity index (χ2n) is 13.0. The van der Waals surface area contributed by atoms with Crippen LogP contribution in [0.2, 0.25) is 5.02 Å². The maximum atomic E-state index is 14.0.